The van der Waals surface area contributed by atoms with Crippen LogP contribution in [0.15, 0.2) is 23.3 Å². The van der Waals surface area contributed by atoms with Crippen LogP contribution in [0.3, 0.4) is 0 Å². The maximum absolute atomic E-state index is 10.9. The maximum Gasteiger partial charge on any atom is 0.303 e. The number of hydrogen-bond donors (Lipinski definition) is 2. The molecule has 2 N–H and O–H groups in total. The molecule has 112 valence electrons. The van der Waals surface area contributed by atoms with Crippen molar-refractivity contribution in [1.82, 2.24) is 0 Å². The van der Waals surface area contributed by atoms with Crippen molar-refractivity contribution in [1.29, 1.82) is 0 Å². The Hall–Kier alpha value is -3.04. The van der Waals surface area contributed by atoms with Crippen LogP contribution >= 0.6 is 0 Å². The summed E-state index contributed by atoms with van der Waals surface area (Å²) in [6, 6.07) is 3.10. The van der Waals surface area contributed by atoms with E-state index in [2.05, 4.69) is 10.5 Å². The number of carboxylic acid groups (broad SMARTS) is 1. The molecule has 0 spiro atoms. The molecular weight excluding hydrogens is 284 g/mol. The molecule has 0 unspecified atom stereocenters. The Morgan fingerprint density at radius 1 is 1.29 bits per heavy atom. The van der Waals surface area contributed by atoms with Crippen LogP contribution in [0.5, 0.6) is 0 Å². The number of nitro groups is 2. The molecule has 1 aromatic rings. The van der Waals surface area contributed by atoms with E-state index in [9.17, 15) is 25.0 Å². The first-order valence-corrected chi connectivity index (χ1v) is 5.75. The summed E-state index contributed by atoms with van der Waals surface area (Å²) in [5.41, 5.74) is 1.95. The molecule has 0 aliphatic carbocycles. The minimum absolute atomic E-state index is 0.0136. The normalized spacial score (nSPS) is 11.0. The molecular formula is C11H12N4O6. The molecule has 0 aliphatic heterocycles. The van der Waals surface area contributed by atoms with E-state index in [0.717, 1.165) is 12.1 Å². The van der Waals surface area contributed by atoms with Gasteiger partial charge in [0.1, 0.15) is 5.69 Å². The Labute approximate surface area is 118 Å². The maximum atomic E-state index is 10.9. The van der Waals surface area contributed by atoms with Crippen molar-refractivity contribution in [2.75, 3.05) is 5.43 Å². The summed E-state index contributed by atoms with van der Waals surface area (Å²) in [5.74, 6) is -0.981. The summed E-state index contributed by atoms with van der Waals surface area (Å²) < 4.78 is 0. The SMILES string of the molecule is CC(CCC(=O)O)=NNc1ccc([N+](=O)[O-])cc1[N+](=O)[O-]. The first-order chi connectivity index (χ1) is 9.81. The van der Waals surface area contributed by atoms with Crippen molar-refractivity contribution < 1.29 is 19.7 Å². The Kier molecular flexibility index (Phi) is 5.29. The van der Waals surface area contributed by atoms with Crippen molar-refractivity contribution in [3.8, 4) is 0 Å². The van der Waals surface area contributed by atoms with E-state index in [0.29, 0.717) is 5.71 Å². The molecule has 1 rings (SSSR count). The van der Waals surface area contributed by atoms with Crippen LogP contribution in [-0.2, 0) is 4.79 Å². The minimum atomic E-state index is -0.981. The highest BCUT2D eigenvalue weighted by atomic mass is 16.6. The van der Waals surface area contributed by atoms with E-state index in [1.807, 2.05) is 0 Å². The first kappa shape index (κ1) is 16.0. The molecule has 0 radical (unpaired) electrons. The Morgan fingerprint density at radius 2 is 1.95 bits per heavy atom. The van der Waals surface area contributed by atoms with Crippen LogP contribution in [0.4, 0.5) is 17.1 Å². The number of carboxylic acids is 1. The molecule has 0 saturated carbocycles. The number of anilines is 1. The average Bonchev–Trinajstić information content (AvgIpc) is 2.42. The third kappa shape index (κ3) is 4.86. The van der Waals surface area contributed by atoms with E-state index in [1.165, 1.54) is 6.07 Å². The molecule has 0 aliphatic rings. The fourth-order valence-electron chi connectivity index (χ4n) is 1.38. The smallest absolute Gasteiger partial charge is 0.303 e. The number of nitro benzene ring substituents is 2. The lowest BCUT2D eigenvalue weighted by Crippen LogP contribution is -2.03. The highest BCUT2D eigenvalue weighted by Gasteiger charge is 2.19. The second kappa shape index (κ2) is 6.93. The van der Waals surface area contributed by atoms with E-state index in [1.54, 1.807) is 6.92 Å². The Balaban J connectivity index is 2.92. The van der Waals surface area contributed by atoms with Crippen molar-refractivity contribution in [3.63, 3.8) is 0 Å². The summed E-state index contributed by atoms with van der Waals surface area (Å²) in [7, 11) is 0. The van der Waals surface area contributed by atoms with Gasteiger partial charge in [-0.05, 0) is 19.4 Å². The average molecular weight is 296 g/mol. The van der Waals surface area contributed by atoms with Crippen molar-refractivity contribution >= 4 is 28.7 Å². The van der Waals surface area contributed by atoms with Gasteiger partial charge >= 0.3 is 11.7 Å². The fraction of sp³-hybridized carbons (Fsp3) is 0.273. The number of benzene rings is 1. The number of nitrogens with zero attached hydrogens (tertiary/aromatic N) is 3. The van der Waals surface area contributed by atoms with Crippen LogP contribution in [0.2, 0.25) is 0 Å². The van der Waals surface area contributed by atoms with Gasteiger partial charge in [-0.25, -0.2) is 0 Å². The van der Waals surface area contributed by atoms with Gasteiger partial charge in [-0.2, -0.15) is 5.10 Å². The molecule has 0 atom stereocenters. The van der Waals surface area contributed by atoms with Crippen LogP contribution in [0.25, 0.3) is 0 Å². The van der Waals surface area contributed by atoms with Gasteiger partial charge in [-0.3, -0.25) is 30.4 Å². The summed E-state index contributed by atoms with van der Waals surface area (Å²) in [6.07, 6.45) is 0.0719. The second-order valence-corrected chi connectivity index (χ2v) is 4.07. The van der Waals surface area contributed by atoms with Gasteiger partial charge in [-0.15, -0.1) is 0 Å². The second-order valence-electron chi connectivity index (χ2n) is 4.07. The number of aliphatic carboxylic acids is 1. The predicted molar refractivity (Wildman–Crippen MR) is 73.4 cm³/mol. The minimum Gasteiger partial charge on any atom is -0.481 e. The van der Waals surface area contributed by atoms with Crippen molar-refractivity contribution in [2.45, 2.75) is 19.8 Å². The standard InChI is InChI=1S/C11H12N4O6/c1-7(2-5-11(16)17)12-13-9-4-3-8(14(18)19)6-10(9)15(20)21/h3-4,6,13H,2,5H2,1H3,(H,16,17). The molecule has 0 heterocycles. The molecule has 0 fully saturated rings. The zero-order valence-electron chi connectivity index (χ0n) is 11.0. The summed E-state index contributed by atoms with van der Waals surface area (Å²) in [5, 5.41) is 33.8. The fourth-order valence-corrected chi connectivity index (χ4v) is 1.38. The van der Waals surface area contributed by atoms with Gasteiger partial charge in [0.2, 0.25) is 0 Å². The first-order valence-electron chi connectivity index (χ1n) is 5.75. The lowest BCUT2D eigenvalue weighted by atomic mass is 10.2. The Bertz CT molecular complexity index is 613. The number of non-ortho nitro benzene ring substituents is 1. The molecule has 21 heavy (non-hydrogen) atoms. The number of carbonyl (C=O) groups is 1. The van der Waals surface area contributed by atoms with Crippen molar-refractivity contribution in [3.05, 3.63) is 38.4 Å². The lowest BCUT2D eigenvalue weighted by Gasteiger charge is -2.03. The van der Waals surface area contributed by atoms with E-state index >= 15 is 0 Å². The van der Waals surface area contributed by atoms with E-state index in [4.69, 9.17) is 5.11 Å². The zero-order chi connectivity index (χ0) is 16.0. The van der Waals surface area contributed by atoms with Gasteiger partial charge in [0.25, 0.3) is 5.69 Å². The van der Waals surface area contributed by atoms with E-state index in [-0.39, 0.29) is 18.5 Å². The van der Waals surface area contributed by atoms with Crippen LogP contribution in [-0.4, -0.2) is 26.6 Å². The number of hydrogen-bond acceptors (Lipinski definition) is 7. The quantitative estimate of drug-likeness (QED) is 0.444. The third-order valence-electron chi connectivity index (χ3n) is 2.46. The van der Waals surface area contributed by atoms with Crippen LogP contribution < -0.4 is 5.43 Å². The van der Waals surface area contributed by atoms with Gasteiger partial charge in [0.05, 0.1) is 22.3 Å². The van der Waals surface area contributed by atoms with E-state index < -0.39 is 27.2 Å². The highest BCUT2D eigenvalue weighted by molar-refractivity contribution is 5.86. The topological polar surface area (TPSA) is 148 Å². The van der Waals surface area contributed by atoms with Crippen LogP contribution in [0.1, 0.15) is 19.8 Å². The van der Waals surface area contributed by atoms with Crippen LogP contribution in [0, 0.1) is 20.2 Å². The van der Waals surface area contributed by atoms with Gasteiger partial charge in [0, 0.05) is 11.8 Å². The van der Waals surface area contributed by atoms with Gasteiger partial charge in [-0.1, -0.05) is 0 Å². The largest absolute Gasteiger partial charge is 0.481 e. The molecule has 0 bridgehead atoms. The molecule has 1 aromatic carbocycles. The molecule has 10 heteroatoms. The Morgan fingerprint density at radius 3 is 2.48 bits per heavy atom. The van der Waals surface area contributed by atoms with Gasteiger partial charge in [0.15, 0.2) is 0 Å². The summed E-state index contributed by atoms with van der Waals surface area (Å²) in [4.78, 5) is 30.3. The number of hydrazone groups is 1. The predicted octanol–water partition coefficient (Wildman–Crippen LogP) is 2.16. The lowest BCUT2D eigenvalue weighted by molar-refractivity contribution is -0.393. The summed E-state index contributed by atoms with van der Waals surface area (Å²) in [6.45, 7) is 1.56. The molecule has 0 saturated heterocycles. The molecule has 0 aromatic heterocycles. The van der Waals surface area contributed by atoms with Gasteiger partial charge < -0.3 is 5.11 Å². The highest BCUT2D eigenvalue weighted by Crippen LogP contribution is 2.28. The monoisotopic (exact) mass is 296 g/mol. The molecule has 0 amide bonds. The zero-order valence-corrected chi connectivity index (χ0v) is 11.0. The third-order valence-corrected chi connectivity index (χ3v) is 2.46. The van der Waals surface area contributed by atoms with Crippen molar-refractivity contribution in [2.24, 2.45) is 5.10 Å². The number of nitrogens with one attached hydrogen (secondary N) is 1. The molecule has 10 nitrogen and oxygen atoms in total. The number of rotatable bonds is 7. The summed E-state index contributed by atoms with van der Waals surface area (Å²) >= 11 is 0.